The molecule has 2 rings (SSSR count). The second-order valence-corrected chi connectivity index (χ2v) is 3.78. The lowest BCUT2D eigenvalue weighted by Gasteiger charge is -2.07. The molecule has 0 saturated heterocycles. The van der Waals surface area contributed by atoms with Crippen LogP contribution in [0.5, 0.6) is 0 Å². The Morgan fingerprint density at radius 1 is 1.18 bits per heavy atom. The van der Waals surface area contributed by atoms with Crippen LogP contribution in [0.2, 0.25) is 0 Å². The van der Waals surface area contributed by atoms with Gasteiger partial charge in [0, 0.05) is 5.69 Å². The average molecular weight is 224 g/mol. The van der Waals surface area contributed by atoms with Gasteiger partial charge in [0.1, 0.15) is 17.5 Å². The number of rotatable bonds is 2. The van der Waals surface area contributed by atoms with Gasteiger partial charge in [-0.05, 0) is 26.0 Å². The van der Waals surface area contributed by atoms with Crippen LogP contribution < -0.4 is 5.32 Å². The lowest BCUT2D eigenvalue weighted by atomic mass is 10.2. The molecule has 0 atom stereocenters. The third-order valence-electron chi connectivity index (χ3n) is 2.34. The summed E-state index contributed by atoms with van der Waals surface area (Å²) >= 11 is 0. The van der Waals surface area contributed by atoms with Crippen LogP contribution in [0.15, 0.2) is 30.5 Å². The minimum atomic E-state index is 0.441. The number of nitrogens with zero attached hydrogens (tertiary/aromatic N) is 3. The van der Waals surface area contributed by atoms with Crippen molar-refractivity contribution in [1.82, 2.24) is 9.97 Å². The molecule has 0 radical (unpaired) electrons. The molecule has 0 bridgehead atoms. The van der Waals surface area contributed by atoms with Gasteiger partial charge in [-0.15, -0.1) is 0 Å². The van der Waals surface area contributed by atoms with Gasteiger partial charge < -0.3 is 5.32 Å². The van der Waals surface area contributed by atoms with E-state index in [4.69, 9.17) is 5.26 Å². The largest absolute Gasteiger partial charge is 0.339 e. The molecule has 0 aliphatic heterocycles. The minimum Gasteiger partial charge on any atom is -0.339 e. The molecule has 0 unspecified atom stereocenters. The normalized spacial score (nSPS) is 9.71. The van der Waals surface area contributed by atoms with Crippen molar-refractivity contribution in [3.8, 4) is 6.07 Å². The molecular weight excluding hydrogens is 212 g/mol. The lowest BCUT2D eigenvalue weighted by Crippen LogP contribution is -2.00. The fraction of sp³-hybridized carbons (Fsp3) is 0.154. The lowest BCUT2D eigenvalue weighted by molar-refractivity contribution is 1.05. The number of nitriles is 1. The zero-order chi connectivity index (χ0) is 12.3. The molecule has 1 aromatic heterocycles. The Labute approximate surface area is 100.0 Å². The van der Waals surface area contributed by atoms with Crippen molar-refractivity contribution in [2.75, 3.05) is 5.32 Å². The van der Waals surface area contributed by atoms with E-state index in [-0.39, 0.29) is 0 Å². The number of nitrogens with one attached hydrogen (secondary N) is 1. The highest BCUT2D eigenvalue weighted by molar-refractivity contribution is 5.62. The number of benzene rings is 1. The van der Waals surface area contributed by atoms with Gasteiger partial charge in [0.05, 0.1) is 6.20 Å². The maximum atomic E-state index is 8.96. The fourth-order valence-corrected chi connectivity index (χ4v) is 1.42. The molecule has 1 heterocycles. The summed E-state index contributed by atoms with van der Waals surface area (Å²) in [5.41, 5.74) is 2.54. The molecule has 4 nitrogen and oxygen atoms in total. The van der Waals surface area contributed by atoms with E-state index in [1.807, 2.05) is 31.2 Å². The van der Waals surface area contributed by atoms with Crippen LogP contribution in [0.25, 0.3) is 0 Å². The van der Waals surface area contributed by atoms with E-state index in [0.717, 1.165) is 5.69 Å². The standard InChI is InChI=1S/C13H12N4/c1-9-3-5-12(6-4-9)17-13-11(7-14)8-15-10(2)16-13/h3-6,8H,1-2H3,(H,15,16,17). The van der Waals surface area contributed by atoms with Crippen LogP contribution in [-0.2, 0) is 0 Å². The topological polar surface area (TPSA) is 61.6 Å². The van der Waals surface area contributed by atoms with Crippen molar-refractivity contribution in [3.05, 3.63) is 47.4 Å². The summed E-state index contributed by atoms with van der Waals surface area (Å²) in [5.74, 6) is 1.18. The van der Waals surface area contributed by atoms with Gasteiger partial charge in [-0.2, -0.15) is 5.26 Å². The highest BCUT2D eigenvalue weighted by Gasteiger charge is 2.05. The van der Waals surface area contributed by atoms with E-state index in [0.29, 0.717) is 17.2 Å². The van der Waals surface area contributed by atoms with Crippen LogP contribution in [0.4, 0.5) is 11.5 Å². The summed E-state index contributed by atoms with van der Waals surface area (Å²) in [6.45, 7) is 3.82. The molecule has 1 N–H and O–H groups in total. The van der Waals surface area contributed by atoms with E-state index in [2.05, 4.69) is 21.4 Å². The van der Waals surface area contributed by atoms with Gasteiger partial charge in [0.25, 0.3) is 0 Å². The molecule has 4 heteroatoms. The van der Waals surface area contributed by atoms with E-state index in [1.54, 1.807) is 6.92 Å². The third-order valence-corrected chi connectivity index (χ3v) is 2.34. The van der Waals surface area contributed by atoms with E-state index in [1.165, 1.54) is 11.8 Å². The van der Waals surface area contributed by atoms with Crippen molar-refractivity contribution >= 4 is 11.5 Å². The number of hydrogen-bond acceptors (Lipinski definition) is 4. The Morgan fingerprint density at radius 3 is 2.53 bits per heavy atom. The van der Waals surface area contributed by atoms with E-state index in [9.17, 15) is 0 Å². The van der Waals surface area contributed by atoms with Crippen LogP contribution in [0, 0.1) is 25.2 Å². The number of aromatic nitrogens is 2. The molecule has 0 fully saturated rings. The molecule has 84 valence electrons. The zero-order valence-corrected chi connectivity index (χ0v) is 9.73. The summed E-state index contributed by atoms with van der Waals surface area (Å²) in [6, 6.07) is 9.98. The highest BCUT2D eigenvalue weighted by Crippen LogP contribution is 2.18. The maximum Gasteiger partial charge on any atom is 0.152 e. The van der Waals surface area contributed by atoms with Gasteiger partial charge in [-0.1, -0.05) is 17.7 Å². The first-order chi connectivity index (χ1) is 8.19. The van der Waals surface area contributed by atoms with Crippen molar-refractivity contribution in [2.24, 2.45) is 0 Å². The molecule has 0 aliphatic rings. The van der Waals surface area contributed by atoms with Gasteiger partial charge in [-0.3, -0.25) is 0 Å². The maximum absolute atomic E-state index is 8.96. The number of aryl methyl sites for hydroxylation is 2. The van der Waals surface area contributed by atoms with Crippen LogP contribution in [-0.4, -0.2) is 9.97 Å². The summed E-state index contributed by atoms with van der Waals surface area (Å²) in [5, 5.41) is 12.1. The summed E-state index contributed by atoms with van der Waals surface area (Å²) in [4.78, 5) is 8.21. The number of hydrogen-bond donors (Lipinski definition) is 1. The van der Waals surface area contributed by atoms with Gasteiger partial charge >= 0.3 is 0 Å². The van der Waals surface area contributed by atoms with E-state index >= 15 is 0 Å². The van der Waals surface area contributed by atoms with Crippen molar-refractivity contribution in [3.63, 3.8) is 0 Å². The molecule has 1 aromatic carbocycles. The van der Waals surface area contributed by atoms with Crippen LogP contribution in [0.3, 0.4) is 0 Å². The molecule has 0 amide bonds. The van der Waals surface area contributed by atoms with E-state index < -0.39 is 0 Å². The molecule has 17 heavy (non-hydrogen) atoms. The van der Waals surface area contributed by atoms with Gasteiger partial charge in [0.15, 0.2) is 5.82 Å². The molecule has 0 saturated carbocycles. The third kappa shape index (κ3) is 2.58. The van der Waals surface area contributed by atoms with Crippen molar-refractivity contribution in [2.45, 2.75) is 13.8 Å². The molecular formula is C13H12N4. The van der Waals surface area contributed by atoms with Gasteiger partial charge in [-0.25, -0.2) is 9.97 Å². The fourth-order valence-electron chi connectivity index (χ4n) is 1.42. The second-order valence-electron chi connectivity index (χ2n) is 3.78. The van der Waals surface area contributed by atoms with Crippen LogP contribution in [0.1, 0.15) is 17.0 Å². The number of anilines is 2. The first-order valence-electron chi connectivity index (χ1n) is 5.26. The SMILES string of the molecule is Cc1ccc(Nc2nc(C)ncc2C#N)cc1. The molecule has 0 aliphatic carbocycles. The Morgan fingerprint density at radius 2 is 1.88 bits per heavy atom. The van der Waals surface area contributed by atoms with Crippen LogP contribution >= 0.6 is 0 Å². The average Bonchev–Trinajstić information content (AvgIpc) is 2.32. The smallest absolute Gasteiger partial charge is 0.152 e. The van der Waals surface area contributed by atoms with Crippen molar-refractivity contribution < 1.29 is 0 Å². The highest BCUT2D eigenvalue weighted by atomic mass is 15.0. The Hall–Kier alpha value is -2.41. The Balaban J connectivity index is 2.32. The molecule has 2 aromatic rings. The van der Waals surface area contributed by atoms with Crippen molar-refractivity contribution in [1.29, 1.82) is 5.26 Å². The first-order valence-corrected chi connectivity index (χ1v) is 5.26. The van der Waals surface area contributed by atoms with Gasteiger partial charge in [0.2, 0.25) is 0 Å². The predicted octanol–water partition coefficient (Wildman–Crippen LogP) is 2.71. The Bertz CT molecular complexity index is 567. The minimum absolute atomic E-state index is 0.441. The predicted molar refractivity (Wildman–Crippen MR) is 65.9 cm³/mol. The summed E-state index contributed by atoms with van der Waals surface area (Å²) in [7, 11) is 0. The molecule has 0 spiro atoms. The second kappa shape index (κ2) is 4.62. The monoisotopic (exact) mass is 224 g/mol. The summed E-state index contributed by atoms with van der Waals surface area (Å²) in [6.07, 6.45) is 1.53. The summed E-state index contributed by atoms with van der Waals surface area (Å²) < 4.78 is 0. The zero-order valence-electron chi connectivity index (χ0n) is 9.73. The quantitative estimate of drug-likeness (QED) is 0.851. The first kappa shape index (κ1) is 11.1. The Kier molecular flexibility index (Phi) is 3.01.